The van der Waals surface area contributed by atoms with Crippen molar-refractivity contribution in [3.8, 4) is 0 Å². The van der Waals surface area contributed by atoms with Gasteiger partial charge in [-0.1, -0.05) is 19.8 Å². The first-order valence-corrected chi connectivity index (χ1v) is 8.92. The standard InChI is InChI=1S/C13H27N3O4S/c1-4-9-16(13(10-14)7-5-6-8-13)21(18,19)15-12(17)20-11(2)3/h11H,4-10,14H2,1-3H3,(H,15,17). The summed E-state index contributed by atoms with van der Waals surface area (Å²) in [7, 11) is -3.95. The fourth-order valence-corrected chi connectivity index (χ4v) is 4.36. The first-order valence-electron chi connectivity index (χ1n) is 7.48. The number of hydrogen-bond acceptors (Lipinski definition) is 5. The van der Waals surface area contributed by atoms with E-state index in [-0.39, 0.29) is 12.6 Å². The van der Waals surface area contributed by atoms with E-state index in [4.69, 9.17) is 10.5 Å². The molecule has 0 aromatic rings. The summed E-state index contributed by atoms with van der Waals surface area (Å²) in [5, 5.41) is 0. The summed E-state index contributed by atoms with van der Waals surface area (Å²) in [6.45, 7) is 5.81. The molecular formula is C13H27N3O4S. The number of amides is 1. The molecule has 7 nitrogen and oxygen atoms in total. The third kappa shape index (κ3) is 4.55. The van der Waals surface area contributed by atoms with Crippen molar-refractivity contribution >= 4 is 16.3 Å². The van der Waals surface area contributed by atoms with E-state index in [0.717, 1.165) is 25.7 Å². The molecule has 124 valence electrons. The molecule has 3 N–H and O–H groups in total. The normalized spacial score (nSPS) is 18.2. The van der Waals surface area contributed by atoms with Crippen LogP contribution in [0.25, 0.3) is 0 Å². The summed E-state index contributed by atoms with van der Waals surface area (Å²) < 4.78 is 33.2. The molecule has 1 amide bonds. The maximum absolute atomic E-state index is 12.5. The van der Waals surface area contributed by atoms with Crippen LogP contribution < -0.4 is 10.5 Å². The molecule has 0 heterocycles. The molecule has 0 atom stereocenters. The van der Waals surface area contributed by atoms with Gasteiger partial charge in [-0.2, -0.15) is 12.7 Å². The van der Waals surface area contributed by atoms with Crippen LogP contribution in [0.4, 0.5) is 4.79 Å². The SMILES string of the molecule is CCCN(C1(CN)CCCC1)S(=O)(=O)NC(=O)OC(C)C. The number of hydrogen-bond donors (Lipinski definition) is 2. The van der Waals surface area contributed by atoms with Gasteiger partial charge in [0, 0.05) is 18.6 Å². The van der Waals surface area contributed by atoms with Gasteiger partial charge in [0.05, 0.1) is 6.10 Å². The molecule has 0 saturated heterocycles. The van der Waals surface area contributed by atoms with Crippen molar-refractivity contribution < 1.29 is 17.9 Å². The minimum absolute atomic E-state index is 0.257. The van der Waals surface area contributed by atoms with E-state index in [1.807, 2.05) is 11.6 Å². The van der Waals surface area contributed by atoms with Gasteiger partial charge in [-0.3, -0.25) is 0 Å². The second kappa shape index (κ2) is 7.42. The van der Waals surface area contributed by atoms with Gasteiger partial charge in [0.1, 0.15) is 0 Å². The van der Waals surface area contributed by atoms with Crippen LogP contribution in [0.15, 0.2) is 0 Å². The summed E-state index contributed by atoms with van der Waals surface area (Å²) in [6, 6.07) is 0. The van der Waals surface area contributed by atoms with Gasteiger partial charge < -0.3 is 10.5 Å². The first-order chi connectivity index (χ1) is 9.77. The summed E-state index contributed by atoms with van der Waals surface area (Å²) in [5.74, 6) is 0. The van der Waals surface area contributed by atoms with Gasteiger partial charge in [-0.25, -0.2) is 9.52 Å². The first kappa shape index (κ1) is 18.2. The highest BCUT2D eigenvalue weighted by atomic mass is 32.2. The zero-order valence-electron chi connectivity index (χ0n) is 13.1. The highest BCUT2D eigenvalue weighted by molar-refractivity contribution is 7.87. The third-order valence-electron chi connectivity index (χ3n) is 3.72. The summed E-state index contributed by atoms with van der Waals surface area (Å²) in [6.07, 6.45) is 2.67. The zero-order valence-corrected chi connectivity index (χ0v) is 13.9. The Kier molecular flexibility index (Phi) is 6.42. The molecule has 0 aromatic carbocycles. The molecular weight excluding hydrogens is 294 g/mol. The Morgan fingerprint density at radius 1 is 1.38 bits per heavy atom. The van der Waals surface area contributed by atoms with Gasteiger partial charge in [0.25, 0.3) is 0 Å². The van der Waals surface area contributed by atoms with Crippen LogP contribution >= 0.6 is 0 Å². The lowest BCUT2D eigenvalue weighted by Crippen LogP contribution is -2.58. The highest BCUT2D eigenvalue weighted by Crippen LogP contribution is 2.36. The molecule has 0 aromatic heterocycles. The van der Waals surface area contributed by atoms with Crippen LogP contribution in [0.3, 0.4) is 0 Å². The van der Waals surface area contributed by atoms with Gasteiger partial charge in [0.15, 0.2) is 0 Å². The molecule has 21 heavy (non-hydrogen) atoms. The van der Waals surface area contributed by atoms with Crippen LogP contribution in [-0.2, 0) is 14.9 Å². The Hall–Kier alpha value is -0.860. The average Bonchev–Trinajstić information content (AvgIpc) is 2.83. The van der Waals surface area contributed by atoms with Gasteiger partial charge in [0.2, 0.25) is 0 Å². The lowest BCUT2D eigenvalue weighted by molar-refractivity contribution is 0.119. The monoisotopic (exact) mass is 321 g/mol. The van der Waals surface area contributed by atoms with Crippen molar-refractivity contribution in [2.24, 2.45) is 5.73 Å². The largest absolute Gasteiger partial charge is 0.446 e. The van der Waals surface area contributed by atoms with Crippen LogP contribution in [0, 0.1) is 0 Å². The molecule has 0 bridgehead atoms. The average molecular weight is 321 g/mol. The third-order valence-corrected chi connectivity index (χ3v) is 5.29. The van der Waals surface area contributed by atoms with E-state index in [9.17, 15) is 13.2 Å². The van der Waals surface area contributed by atoms with Crippen LogP contribution in [-0.4, -0.2) is 43.5 Å². The Balaban J connectivity index is 2.95. The van der Waals surface area contributed by atoms with Gasteiger partial charge in [-0.15, -0.1) is 0 Å². The molecule has 0 radical (unpaired) electrons. The number of carbonyl (C=O) groups excluding carboxylic acids is 1. The molecule has 0 unspecified atom stereocenters. The summed E-state index contributed by atoms with van der Waals surface area (Å²) >= 11 is 0. The van der Waals surface area contributed by atoms with Crippen LogP contribution in [0.5, 0.6) is 0 Å². The number of nitrogens with two attached hydrogens (primary N) is 1. The molecule has 8 heteroatoms. The van der Waals surface area contributed by atoms with Crippen molar-refractivity contribution in [3.05, 3.63) is 0 Å². The molecule has 1 aliphatic rings. The fourth-order valence-electron chi connectivity index (χ4n) is 2.80. The highest BCUT2D eigenvalue weighted by Gasteiger charge is 2.44. The maximum atomic E-state index is 12.5. The Morgan fingerprint density at radius 2 is 1.95 bits per heavy atom. The molecule has 1 aliphatic carbocycles. The maximum Gasteiger partial charge on any atom is 0.422 e. The van der Waals surface area contributed by atoms with Crippen molar-refractivity contribution in [2.75, 3.05) is 13.1 Å². The van der Waals surface area contributed by atoms with E-state index in [0.29, 0.717) is 13.0 Å². The van der Waals surface area contributed by atoms with E-state index in [2.05, 4.69) is 0 Å². The van der Waals surface area contributed by atoms with Gasteiger partial charge >= 0.3 is 16.3 Å². The van der Waals surface area contributed by atoms with Crippen molar-refractivity contribution in [1.29, 1.82) is 0 Å². The predicted molar refractivity (Wildman–Crippen MR) is 80.9 cm³/mol. The van der Waals surface area contributed by atoms with E-state index in [1.54, 1.807) is 13.8 Å². The lowest BCUT2D eigenvalue weighted by Gasteiger charge is -2.39. The van der Waals surface area contributed by atoms with Gasteiger partial charge in [-0.05, 0) is 33.1 Å². The van der Waals surface area contributed by atoms with Crippen molar-refractivity contribution in [1.82, 2.24) is 9.03 Å². The van der Waals surface area contributed by atoms with Crippen molar-refractivity contribution in [2.45, 2.75) is 64.5 Å². The minimum atomic E-state index is -3.95. The Labute approximate surface area is 127 Å². The molecule has 1 rings (SSSR count). The number of nitrogens with zero attached hydrogens (tertiary/aromatic N) is 1. The lowest BCUT2D eigenvalue weighted by atomic mass is 9.98. The fraction of sp³-hybridized carbons (Fsp3) is 0.923. The number of carbonyl (C=O) groups is 1. The second-order valence-electron chi connectivity index (χ2n) is 5.77. The van der Waals surface area contributed by atoms with Crippen molar-refractivity contribution in [3.63, 3.8) is 0 Å². The molecule has 1 saturated carbocycles. The van der Waals surface area contributed by atoms with Crippen LogP contribution in [0.1, 0.15) is 52.9 Å². The van der Waals surface area contributed by atoms with E-state index >= 15 is 0 Å². The zero-order chi connectivity index (χ0) is 16.1. The topological polar surface area (TPSA) is 102 Å². The molecule has 1 fully saturated rings. The minimum Gasteiger partial charge on any atom is -0.446 e. The number of ether oxygens (including phenoxy) is 1. The van der Waals surface area contributed by atoms with E-state index < -0.39 is 21.8 Å². The number of nitrogens with one attached hydrogen (secondary N) is 1. The van der Waals surface area contributed by atoms with Crippen LogP contribution in [0.2, 0.25) is 0 Å². The Morgan fingerprint density at radius 3 is 2.38 bits per heavy atom. The summed E-state index contributed by atoms with van der Waals surface area (Å²) in [4.78, 5) is 11.6. The second-order valence-corrected chi connectivity index (χ2v) is 7.36. The smallest absolute Gasteiger partial charge is 0.422 e. The quantitative estimate of drug-likeness (QED) is 0.737. The Bertz CT molecular complexity index is 444. The molecule has 0 aliphatic heterocycles. The summed E-state index contributed by atoms with van der Waals surface area (Å²) in [5.41, 5.74) is 5.27. The molecule has 0 spiro atoms. The number of rotatable bonds is 7. The van der Waals surface area contributed by atoms with E-state index in [1.165, 1.54) is 4.31 Å². The predicted octanol–water partition coefficient (Wildman–Crippen LogP) is 1.35.